The summed E-state index contributed by atoms with van der Waals surface area (Å²) in [5, 5.41) is 2.93. The fraction of sp³-hybridized carbons (Fsp3) is 0.481. The largest absolute Gasteiger partial charge is 0.414 e. The molecule has 1 aliphatic heterocycles. The van der Waals surface area contributed by atoms with Gasteiger partial charge in [0.2, 0.25) is 0 Å². The van der Waals surface area contributed by atoms with Crippen LogP contribution in [0.25, 0.3) is 0 Å². The minimum atomic E-state index is -3.27. The Labute approximate surface area is 213 Å². The van der Waals surface area contributed by atoms with Crippen LogP contribution in [-0.2, 0) is 16.3 Å². The van der Waals surface area contributed by atoms with Crippen LogP contribution in [0.3, 0.4) is 0 Å². The van der Waals surface area contributed by atoms with E-state index in [1.165, 1.54) is 28.2 Å². The molecule has 0 aromatic heterocycles. The zero-order valence-electron chi connectivity index (χ0n) is 21.2. The maximum Gasteiger partial charge on any atom is 0.414 e. The second kappa shape index (κ2) is 11.0. The molecule has 4 rings (SSSR count). The third-order valence-corrected chi connectivity index (χ3v) is 8.31. The quantitative estimate of drug-likeness (QED) is 0.543. The number of amides is 2. The molecule has 2 aromatic carbocycles. The number of likely N-dealkylation sites (tertiary alicyclic amines) is 1. The first kappa shape index (κ1) is 26.2. The second-order valence-corrected chi connectivity index (χ2v) is 11.9. The number of carbonyl (C=O) groups is 2. The first-order chi connectivity index (χ1) is 17.1. The molecule has 36 heavy (non-hydrogen) atoms. The van der Waals surface area contributed by atoms with E-state index in [1.807, 2.05) is 12.1 Å². The molecule has 1 aliphatic carbocycles. The molecule has 2 atom stereocenters. The highest BCUT2D eigenvalue weighted by Crippen LogP contribution is 2.44. The maximum atomic E-state index is 12.4. The molecule has 0 saturated carbocycles. The average molecular weight is 514 g/mol. The zero-order valence-corrected chi connectivity index (χ0v) is 22.0. The maximum absolute atomic E-state index is 12.4. The van der Waals surface area contributed by atoms with Gasteiger partial charge in [0.05, 0.1) is 4.90 Å². The number of hydrogen-bond acceptors (Lipinski definition) is 6. The molecule has 1 heterocycles. The van der Waals surface area contributed by atoms with Crippen molar-refractivity contribution >= 4 is 21.8 Å². The van der Waals surface area contributed by atoms with Gasteiger partial charge in [-0.3, -0.25) is 9.69 Å². The molecule has 0 spiro atoms. The van der Waals surface area contributed by atoms with Gasteiger partial charge in [0.15, 0.2) is 9.84 Å². The van der Waals surface area contributed by atoms with Crippen molar-refractivity contribution in [3.05, 3.63) is 59.2 Å². The van der Waals surface area contributed by atoms with Crippen LogP contribution in [0.15, 0.2) is 47.4 Å². The van der Waals surface area contributed by atoms with Crippen molar-refractivity contribution in [2.75, 3.05) is 40.0 Å². The predicted molar refractivity (Wildman–Crippen MR) is 138 cm³/mol. The molecular weight excluding hydrogens is 478 g/mol. The van der Waals surface area contributed by atoms with Crippen LogP contribution in [-0.4, -0.2) is 76.2 Å². The summed E-state index contributed by atoms with van der Waals surface area (Å²) in [6, 6.07) is 12.6. The third kappa shape index (κ3) is 5.90. The normalized spacial score (nSPS) is 19.3. The van der Waals surface area contributed by atoms with E-state index in [1.54, 1.807) is 26.2 Å². The van der Waals surface area contributed by atoms with Crippen LogP contribution in [0.2, 0.25) is 0 Å². The van der Waals surface area contributed by atoms with Gasteiger partial charge in [-0.1, -0.05) is 12.1 Å². The van der Waals surface area contributed by atoms with Crippen molar-refractivity contribution < 1.29 is 22.7 Å². The molecular formula is C27H35N3O5S. The highest BCUT2D eigenvalue weighted by Gasteiger charge is 2.39. The summed E-state index contributed by atoms with van der Waals surface area (Å²) in [6.07, 6.45) is 5.72. The predicted octanol–water partition coefficient (Wildman–Crippen LogP) is 3.46. The molecule has 194 valence electrons. The average Bonchev–Trinajstić information content (AvgIpc) is 3.27. The SMILES string of the molecule is CN(C)C(=O)Oc1cccc2c1CCC1C2CCN1CCCCNC(=O)c1ccc(S(C)(=O)=O)cc1. The van der Waals surface area contributed by atoms with Crippen molar-refractivity contribution in [3.8, 4) is 5.75 Å². The number of carbonyl (C=O) groups excluding carboxylic acids is 2. The molecule has 8 nitrogen and oxygen atoms in total. The highest BCUT2D eigenvalue weighted by atomic mass is 32.2. The van der Waals surface area contributed by atoms with Crippen molar-refractivity contribution in [3.63, 3.8) is 0 Å². The summed E-state index contributed by atoms with van der Waals surface area (Å²) in [5.74, 6) is 0.956. The molecule has 9 heteroatoms. The van der Waals surface area contributed by atoms with Crippen LogP contribution >= 0.6 is 0 Å². The van der Waals surface area contributed by atoms with Gasteiger partial charge in [0.1, 0.15) is 5.75 Å². The molecule has 2 aromatic rings. The highest BCUT2D eigenvalue weighted by molar-refractivity contribution is 7.90. The lowest BCUT2D eigenvalue weighted by Gasteiger charge is -2.34. The van der Waals surface area contributed by atoms with Gasteiger partial charge < -0.3 is 15.0 Å². The van der Waals surface area contributed by atoms with E-state index in [0.717, 1.165) is 51.4 Å². The molecule has 0 radical (unpaired) electrons. The molecule has 1 fully saturated rings. The van der Waals surface area contributed by atoms with E-state index >= 15 is 0 Å². The van der Waals surface area contributed by atoms with E-state index in [9.17, 15) is 18.0 Å². The lowest BCUT2D eigenvalue weighted by molar-refractivity contribution is 0.0952. The molecule has 2 unspecified atom stereocenters. The second-order valence-electron chi connectivity index (χ2n) is 9.88. The first-order valence-corrected chi connectivity index (χ1v) is 14.4. The fourth-order valence-corrected chi connectivity index (χ4v) is 5.94. The Kier molecular flexibility index (Phi) is 8.00. The topological polar surface area (TPSA) is 96.0 Å². The molecule has 2 amide bonds. The standard InChI is InChI=1S/C27H35N3O5S/c1-29(2)27(32)35-25-8-6-7-21-22-15-18-30(24(22)14-13-23(21)25)17-5-4-16-28-26(31)19-9-11-20(12-10-19)36(3,33)34/h6-12,22,24H,4-5,13-18H2,1-3H3,(H,28,31). The van der Waals surface area contributed by atoms with Crippen LogP contribution < -0.4 is 10.1 Å². The number of rotatable bonds is 8. The summed E-state index contributed by atoms with van der Waals surface area (Å²) < 4.78 is 28.8. The number of sulfone groups is 1. The number of nitrogens with one attached hydrogen (secondary N) is 1. The summed E-state index contributed by atoms with van der Waals surface area (Å²) in [6.45, 7) is 2.62. The molecule has 0 bridgehead atoms. The first-order valence-electron chi connectivity index (χ1n) is 12.5. The van der Waals surface area contributed by atoms with Crippen LogP contribution in [0.5, 0.6) is 5.75 Å². The van der Waals surface area contributed by atoms with E-state index in [-0.39, 0.29) is 16.9 Å². The van der Waals surface area contributed by atoms with Gasteiger partial charge in [-0.15, -0.1) is 0 Å². The van der Waals surface area contributed by atoms with E-state index in [4.69, 9.17) is 4.74 Å². The van der Waals surface area contributed by atoms with Crippen molar-refractivity contribution in [2.24, 2.45) is 0 Å². The Bertz CT molecular complexity index is 1210. The van der Waals surface area contributed by atoms with Crippen molar-refractivity contribution in [1.29, 1.82) is 0 Å². The molecule has 2 aliphatic rings. The van der Waals surface area contributed by atoms with Crippen LogP contribution in [0, 0.1) is 0 Å². The number of fused-ring (bicyclic) bond motifs is 3. The van der Waals surface area contributed by atoms with E-state index in [2.05, 4.69) is 16.3 Å². The van der Waals surface area contributed by atoms with Gasteiger partial charge in [-0.05, 0) is 86.7 Å². The Hall–Kier alpha value is -2.91. The number of hydrogen-bond donors (Lipinski definition) is 1. The van der Waals surface area contributed by atoms with Gasteiger partial charge in [0, 0.05) is 44.4 Å². The molecule has 1 N–H and O–H groups in total. The van der Waals surface area contributed by atoms with Crippen LogP contribution in [0.1, 0.15) is 53.1 Å². The fourth-order valence-electron chi connectivity index (χ4n) is 5.31. The van der Waals surface area contributed by atoms with E-state index < -0.39 is 9.84 Å². The summed E-state index contributed by atoms with van der Waals surface area (Å²) >= 11 is 0. The minimum Gasteiger partial charge on any atom is -0.410 e. The number of unbranched alkanes of at least 4 members (excludes halogenated alkanes) is 1. The molecule has 1 saturated heterocycles. The summed E-state index contributed by atoms with van der Waals surface area (Å²) in [5.41, 5.74) is 2.94. The summed E-state index contributed by atoms with van der Waals surface area (Å²) in [4.78, 5) is 28.6. The lowest BCUT2D eigenvalue weighted by Crippen LogP contribution is -2.36. The number of benzene rings is 2. The lowest BCUT2D eigenvalue weighted by atomic mass is 9.79. The van der Waals surface area contributed by atoms with Gasteiger partial charge in [-0.25, -0.2) is 13.2 Å². The van der Waals surface area contributed by atoms with E-state index in [0.29, 0.717) is 29.8 Å². The number of ether oxygens (including phenoxy) is 1. The van der Waals surface area contributed by atoms with Crippen LogP contribution in [0.4, 0.5) is 4.79 Å². The van der Waals surface area contributed by atoms with Gasteiger partial charge in [0.25, 0.3) is 5.91 Å². The minimum absolute atomic E-state index is 0.189. The van der Waals surface area contributed by atoms with Crippen molar-refractivity contribution in [1.82, 2.24) is 15.1 Å². The number of nitrogens with zero attached hydrogens (tertiary/aromatic N) is 2. The Morgan fingerprint density at radius 3 is 2.53 bits per heavy atom. The Morgan fingerprint density at radius 2 is 1.83 bits per heavy atom. The Morgan fingerprint density at radius 1 is 1.08 bits per heavy atom. The van der Waals surface area contributed by atoms with Gasteiger partial charge >= 0.3 is 6.09 Å². The Balaban J connectivity index is 1.25. The summed E-state index contributed by atoms with van der Waals surface area (Å²) in [7, 11) is 0.102. The van der Waals surface area contributed by atoms with Crippen molar-refractivity contribution in [2.45, 2.75) is 49.0 Å². The monoisotopic (exact) mass is 513 g/mol. The smallest absolute Gasteiger partial charge is 0.410 e. The van der Waals surface area contributed by atoms with Gasteiger partial charge in [-0.2, -0.15) is 0 Å². The zero-order chi connectivity index (χ0) is 25.9. The third-order valence-electron chi connectivity index (χ3n) is 7.18.